The summed E-state index contributed by atoms with van der Waals surface area (Å²) >= 11 is 0. The van der Waals surface area contributed by atoms with Crippen molar-refractivity contribution in [1.29, 1.82) is 0 Å². The molecular formula is C21H28FN3O3. The molecule has 1 amide bonds. The van der Waals surface area contributed by atoms with Crippen LogP contribution in [0.1, 0.15) is 25.3 Å². The Balaban J connectivity index is 1.66. The van der Waals surface area contributed by atoms with Gasteiger partial charge in [0.25, 0.3) is 0 Å². The molecule has 2 atom stereocenters. The number of aryl methyl sites for hydroxylation is 1. The molecule has 0 spiro atoms. The Bertz CT molecular complexity index is 794. The summed E-state index contributed by atoms with van der Waals surface area (Å²) in [5, 5.41) is 0. The highest BCUT2D eigenvalue weighted by molar-refractivity contribution is 5.79. The summed E-state index contributed by atoms with van der Waals surface area (Å²) in [4.78, 5) is 21.6. The molecule has 1 aromatic carbocycles. The molecular weight excluding hydrogens is 361 g/mol. The molecule has 7 heteroatoms. The molecule has 1 fully saturated rings. The smallest absolute Gasteiger partial charge is 0.228 e. The van der Waals surface area contributed by atoms with E-state index in [1.54, 1.807) is 26.2 Å². The summed E-state index contributed by atoms with van der Waals surface area (Å²) in [5.74, 6) is 0.765. The fraction of sp³-hybridized carbons (Fsp3) is 0.524. The predicted octanol–water partition coefficient (Wildman–Crippen LogP) is 2.90. The molecule has 6 nitrogen and oxygen atoms in total. The highest BCUT2D eigenvalue weighted by atomic mass is 19.1. The highest BCUT2D eigenvalue weighted by Crippen LogP contribution is 2.23. The van der Waals surface area contributed by atoms with Gasteiger partial charge in [0.15, 0.2) is 0 Å². The third kappa shape index (κ3) is 4.59. The molecule has 0 bridgehead atoms. The van der Waals surface area contributed by atoms with E-state index in [-0.39, 0.29) is 30.2 Å². The van der Waals surface area contributed by atoms with Gasteiger partial charge in [-0.05, 0) is 45.0 Å². The highest BCUT2D eigenvalue weighted by Gasteiger charge is 2.32. The average molecular weight is 389 g/mol. The minimum absolute atomic E-state index is 0.0483. The Kier molecular flexibility index (Phi) is 6.46. The first-order valence-electron chi connectivity index (χ1n) is 9.63. The number of nitrogens with zero attached hydrogens (tertiary/aromatic N) is 3. The zero-order chi connectivity index (χ0) is 20.3. The first kappa shape index (κ1) is 20.5. The standard InChI is InChI=1S/C21H28FN3O3/c1-14-12-24(13-15(2)25(14)9-10-27-4)20(26)11-19-16(3)28-21(23-19)17-5-7-18(22)8-6-17/h5-8,14-15H,9-13H2,1-4H3. The van der Waals surface area contributed by atoms with Crippen molar-refractivity contribution in [1.82, 2.24) is 14.8 Å². The number of rotatable bonds is 6. The number of amides is 1. The van der Waals surface area contributed by atoms with Gasteiger partial charge in [-0.15, -0.1) is 0 Å². The summed E-state index contributed by atoms with van der Waals surface area (Å²) in [7, 11) is 1.70. The lowest BCUT2D eigenvalue weighted by Crippen LogP contribution is -2.58. The molecule has 152 valence electrons. The van der Waals surface area contributed by atoms with Gasteiger partial charge < -0.3 is 14.1 Å². The van der Waals surface area contributed by atoms with Crippen molar-refractivity contribution in [2.45, 2.75) is 39.3 Å². The molecule has 1 aromatic heterocycles. The number of oxazole rings is 1. The lowest BCUT2D eigenvalue weighted by Gasteiger charge is -2.44. The van der Waals surface area contributed by atoms with Gasteiger partial charge in [-0.25, -0.2) is 9.37 Å². The number of carbonyl (C=O) groups is 1. The Morgan fingerprint density at radius 3 is 2.50 bits per heavy atom. The molecule has 2 unspecified atom stereocenters. The summed E-state index contributed by atoms with van der Waals surface area (Å²) in [6.45, 7) is 9.01. The van der Waals surface area contributed by atoms with Crippen LogP contribution in [-0.2, 0) is 16.0 Å². The van der Waals surface area contributed by atoms with Gasteiger partial charge in [-0.2, -0.15) is 0 Å². The molecule has 0 N–H and O–H groups in total. The van der Waals surface area contributed by atoms with Crippen LogP contribution in [-0.4, -0.2) is 66.1 Å². The van der Waals surface area contributed by atoms with E-state index in [0.29, 0.717) is 42.6 Å². The second-order valence-electron chi connectivity index (χ2n) is 7.43. The predicted molar refractivity (Wildman–Crippen MR) is 104 cm³/mol. The van der Waals surface area contributed by atoms with E-state index >= 15 is 0 Å². The van der Waals surface area contributed by atoms with E-state index in [1.165, 1.54) is 12.1 Å². The second kappa shape index (κ2) is 8.84. The minimum atomic E-state index is -0.310. The maximum atomic E-state index is 13.1. The molecule has 0 radical (unpaired) electrons. The third-order valence-corrected chi connectivity index (χ3v) is 5.31. The molecule has 1 aliphatic heterocycles. The Morgan fingerprint density at radius 2 is 1.89 bits per heavy atom. The second-order valence-corrected chi connectivity index (χ2v) is 7.43. The Morgan fingerprint density at radius 1 is 1.25 bits per heavy atom. The van der Waals surface area contributed by atoms with Crippen molar-refractivity contribution in [2.75, 3.05) is 33.4 Å². The minimum Gasteiger partial charge on any atom is -0.441 e. The van der Waals surface area contributed by atoms with Crippen molar-refractivity contribution in [3.05, 3.63) is 41.5 Å². The number of hydrogen-bond donors (Lipinski definition) is 0. The number of benzene rings is 1. The fourth-order valence-electron chi connectivity index (χ4n) is 3.76. The molecule has 28 heavy (non-hydrogen) atoms. The van der Waals surface area contributed by atoms with E-state index in [2.05, 4.69) is 23.7 Å². The van der Waals surface area contributed by atoms with Crippen LogP contribution in [0.25, 0.3) is 11.5 Å². The average Bonchev–Trinajstić information content (AvgIpc) is 3.02. The van der Waals surface area contributed by atoms with Crippen molar-refractivity contribution < 1.29 is 18.3 Å². The van der Waals surface area contributed by atoms with Gasteiger partial charge in [0, 0.05) is 44.4 Å². The van der Waals surface area contributed by atoms with Crippen molar-refractivity contribution in [3.8, 4) is 11.5 Å². The topological polar surface area (TPSA) is 58.8 Å². The lowest BCUT2D eigenvalue weighted by atomic mass is 10.1. The quantitative estimate of drug-likeness (QED) is 0.760. The van der Waals surface area contributed by atoms with Gasteiger partial charge in [-0.1, -0.05) is 0 Å². The van der Waals surface area contributed by atoms with Crippen LogP contribution >= 0.6 is 0 Å². The molecule has 3 rings (SSSR count). The molecule has 1 saturated heterocycles. The Hall–Kier alpha value is -2.25. The van der Waals surface area contributed by atoms with E-state index < -0.39 is 0 Å². The number of halogens is 1. The van der Waals surface area contributed by atoms with Crippen LogP contribution in [0.2, 0.25) is 0 Å². The SMILES string of the molecule is COCCN1C(C)CN(C(=O)Cc2nc(-c3ccc(F)cc3)oc2C)CC1C. The van der Waals surface area contributed by atoms with Crippen molar-refractivity contribution in [2.24, 2.45) is 0 Å². The summed E-state index contributed by atoms with van der Waals surface area (Å²) < 4.78 is 24.0. The number of ether oxygens (including phenoxy) is 1. The van der Waals surface area contributed by atoms with E-state index in [4.69, 9.17) is 9.15 Å². The van der Waals surface area contributed by atoms with Gasteiger partial charge >= 0.3 is 0 Å². The van der Waals surface area contributed by atoms with E-state index in [9.17, 15) is 9.18 Å². The van der Waals surface area contributed by atoms with Crippen LogP contribution in [0.3, 0.4) is 0 Å². The van der Waals surface area contributed by atoms with Crippen LogP contribution in [0.15, 0.2) is 28.7 Å². The zero-order valence-electron chi connectivity index (χ0n) is 16.9. The summed E-state index contributed by atoms with van der Waals surface area (Å²) in [6.07, 6.45) is 0.202. The fourth-order valence-corrected chi connectivity index (χ4v) is 3.76. The molecule has 2 aromatic rings. The molecule has 0 saturated carbocycles. The lowest BCUT2D eigenvalue weighted by molar-refractivity contribution is -0.135. The number of aromatic nitrogens is 1. The number of hydrogen-bond acceptors (Lipinski definition) is 5. The summed E-state index contributed by atoms with van der Waals surface area (Å²) in [5.41, 5.74) is 1.32. The Labute approximate surface area is 165 Å². The third-order valence-electron chi connectivity index (χ3n) is 5.31. The molecule has 2 heterocycles. The number of piperazine rings is 1. The van der Waals surface area contributed by atoms with Crippen LogP contribution in [0.5, 0.6) is 0 Å². The largest absolute Gasteiger partial charge is 0.441 e. The molecule has 0 aliphatic carbocycles. The van der Waals surface area contributed by atoms with Crippen LogP contribution in [0, 0.1) is 12.7 Å². The number of carbonyl (C=O) groups excluding carboxylic acids is 1. The first-order chi connectivity index (χ1) is 13.4. The zero-order valence-corrected chi connectivity index (χ0v) is 16.9. The van der Waals surface area contributed by atoms with E-state index in [1.807, 2.05) is 4.90 Å². The normalized spacial score (nSPS) is 20.5. The van der Waals surface area contributed by atoms with Crippen LogP contribution < -0.4 is 0 Å². The van der Waals surface area contributed by atoms with Gasteiger partial charge in [0.05, 0.1) is 18.7 Å². The monoisotopic (exact) mass is 389 g/mol. The number of methoxy groups -OCH3 is 1. The first-order valence-corrected chi connectivity index (χ1v) is 9.63. The van der Waals surface area contributed by atoms with Gasteiger partial charge in [0.2, 0.25) is 11.8 Å². The van der Waals surface area contributed by atoms with Gasteiger partial charge in [0.1, 0.15) is 11.6 Å². The molecule has 1 aliphatic rings. The maximum Gasteiger partial charge on any atom is 0.228 e. The van der Waals surface area contributed by atoms with Crippen molar-refractivity contribution in [3.63, 3.8) is 0 Å². The van der Waals surface area contributed by atoms with Crippen molar-refractivity contribution >= 4 is 5.91 Å². The maximum absolute atomic E-state index is 13.1. The summed E-state index contributed by atoms with van der Waals surface area (Å²) in [6, 6.07) is 6.52. The van der Waals surface area contributed by atoms with E-state index in [0.717, 1.165) is 6.54 Å². The van der Waals surface area contributed by atoms with Crippen LogP contribution in [0.4, 0.5) is 4.39 Å². The van der Waals surface area contributed by atoms with Gasteiger partial charge in [-0.3, -0.25) is 9.69 Å².